The molecule has 2 N–H and O–H groups in total. The van der Waals surface area contributed by atoms with Crippen LogP contribution in [0, 0.1) is 0 Å². The highest BCUT2D eigenvalue weighted by Crippen LogP contribution is 2.18. The standard InChI is InChI=1S/C12H18BrN3O2/c1-2-15-7-9(13)5-11(15)12(17)16-3-4-18-10(6-14)8-16/h5,7,10H,2-4,6,8,14H2,1H3. The largest absolute Gasteiger partial charge is 0.373 e. The van der Waals surface area contributed by atoms with Crippen molar-refractivity contribution in [2.24, 2.45) is 5.73 Å². The van der Waals surface area contributed by atoms with Crippen LogP contribution in [0.5, 0.6) is 0 Å². The minimum Gasteiger partial charge on any atom is -0.373 e. The van der Waals surface area contributed by atoms with E-state index in [0.717, 1.165) is 11.0 Å². The second-order valence-electron chi connectivity index (χ2n) is 4.31. The molecular formula is C12H18BrN3O2. The van der Waals surface area contributed by atoms with Crippen LogP contribution in [0.25, 0.3) is 0 Å². The highest BCUT2D eigenvalue weighted by Gasteiger charge is 2.26. The Kier molecular flexibility index (Phi) is 4.42. The van der Waals surface area contributed by atoms with Crippen LogP contribution in [-0.2, 0) is 11.3 Å². The Labute approximate surface area is 115 Å². The van der Waals surface area contributed by atoms with Crippen LogP contribution in [0.15, 0.2) is 16.7 Å². The lowest BCUT2D eigenvalue weighted by atomic mass is 10.2. The number of aryl methyl sites for hydroxylation is 1. The van der Waals surface area contributed by atoms with Crippen LogP contribution >= 0.6 is 15.9 Å². The zero-order valence-corrected chi connectivity index (χ0v) is 12.0. The van der Waals surface area contributed by atoms with Gasteiger partial charge in [-0.15, -0.1) is 0 Å². The molecule has 1 aromatic heterocycles. The maximum absolute atomic E-state index is 12.4. The van der Waals surface area contributed by atoms with Crippen molar-refractivity contribution in [2.75, 3.05) is 26.2 Å². The summed E-state index contributed by atoms with van der Waals surface area (Å²) in [5, 5.41) is 0. The molecule has 1 amide bonds. The third-order valence-electron chi connectivity index (χ3n) is 3.11. The number of aromatic nitrogens is 1. The molecule has 0 spiro atoms. The molecule has 1 aliphatic rings. The van der Waals surface area contributed by atoms with Gasteiger partial charge in [0.15, 0.2) is 0 Å². The van der Waals surface area contributed by atoms with Crippen molar-refractivity contribution in [3.05, 3.63) is 22.4 Å². The fraction of sp³-hybridized carbons (Fsp3) is 0.583. The Hall–Kier alpha value is -0.850. The SMILES string of the molecule is CCn1cc(Br)cc1C(=O)N1CCOC(CN)C1. The molecule has 2 rings (SSSR count). The highest BCUT2D eigenvalue weighted by atomic mass is 79.9. The molecule has 0 aliphatic carbocycles. The van der Waals surface area contributed by atoms with Crippen molar-refractivity contribution in [3.8, 4) is 0 Å². The summed E-state index contributed by atoms with van der Waals surface area (Å²) in [6.45, 7) is 5.00. The molecule has 100 valence electrons. The maximum atomic E-state index is 12.4. The highest BCUT2D eigenvalue weighted by molar-refractivity contribution is 9.10. The van der Waals surface area contributed by atoms with E-state index in [1.807, 2.05) is 28.7 Å². The number of nitrogens with zero attached hydrogens (tertiary/aromatic N) is 2. The van der Waals surface area contributed by atoms with Crippen LogP contribution in [0.3, 0.4) is 0 Å². The van der Waals surface area contributed by atoms with Gasteiger partial charge < -0.3 is 19.9 Å². The molecule has 0 radical (unpaired) electrons. The molecular weight excluding hydrogens is 298 g/mol. The predicted octanol–water partition coefficient (Wildman–Crippen LogP) is 1.07. The van der Waals surface area contributed by atoms with E-state index in [0.29, 0.717) is 31.9 Å². The van der Waals surface area contributed by atoms with Crippen molar-refractivity contribution >= 4 is 21.8 Å². The van der Waals surface area contributed by atoms with Crippen LogP contribution in [0.2, 0.25) is 0 Å². The Morgan fingerprint density at radius 3 is 3.11 bits per heavy atom. The van der Waals surface area contributed by atoms with Gasteiger partial charge in [-0.1, -0.05) is 0 Å². The van der Waals surface area contributed by atoms with E-state index in [2.05, 4.69) is 15.9 Å². The van der Waals surface area contributed by atoms with Crippen LogP contribution in [0.1, 0.15) is 17.4 Å². The van der Waals surface area contributed by atoms with Gasteiger partial charge in [-0.25, -0.2) is 0 Å². The normalized spacial score (nSPS) is 20.2. The van der Waals surface area contributed by atoms with Gasteiger partial charge in [-0.3, -0.25) is 4.79 Å². The number of hydrogen-bond donors (Lipinski definition) is 1. The topological polar surface area (TPSA) is 60.5 Å². The van der Waals surface area contributed by atoms with Gasteiger partial charge in [-0.05, 0) is 28.9 Å². The fourth-order valence-corrected chi connectivity index (χ4v) is 2.59. The molecule has 1 fully saturated rings. The van der Waals surface area contributed by atoms with Gasteiger partial charge in [0.1, 0.15) is 5.69 Å². The first-order valence-electron chi connectivity index (χ1n) is 6.12. The van der Waals surface area contributed by atoms with Crippen LogP contribution < -0.4 is 5.73 Å². The summed E-state index contributed by atoms with van der Waals surface area (Å²) in [6.07, 6.45) is 1.88. The molecule has 5 nitrogen and oxygen atoms in total. The monoisotopic (exact) mass is 315 g/mol. The molecule has 1 saturated heterocycles. The van der Waals surface area contributed by atoms with Gasteiger partial charge >= 0.3 is 0 Å². The van der Waals surface area contributed by atoms with E-state index in [9.17, 15) is 4.79 Å². The zero-order valence-electron chi connectivity index (χ0n) is 10.4. The average molecular weight is 316 g/mol. The molecule has 1 aliphatic heterocycles. The zero-order chi connectivity index (χ0) is 13.1. The average Bonchev–Trinajstić information content (AvgIpc) is 2.79. The Bertz CT molecular complexity index is 433. The number of halogens is 1. The van der Waals surface area contributed by atoms with Crippen molar-refractivity contribution in [2.45, 2.75) is 19.6 Å². The summed E-state index contributed by atoms with van der Waals surface area (Å²) >= 11 is 3.41. The van der Waals surface area contributed by atoms with Crippen LogP contribution in [-0.4, -0.2) is 47.7 Å². The summed E-state index contributed by atoms with van der Waals surface area (Å²) in [5.41, 5.74) is 6.30. The first-order valence-corrected chi connectivity index (χ1v) is 6.91. The lowest BCUT2D eigenvalue weighted by Gasteiger charge is -2.32. The predicted molar refractivity (Wildman–Crippen MR) is 72.5 cm³/mol. The molecule has 0 bridgehead atoms. The summed E-state index contributed by atoms with van der Waals surface area (Å²) < 4.78 is 8.34. The van der Waals surface area contributed by atoms with Crippen molar-refractivity contribution < 1.29 is 9.53 Å². The number of morpholine rings is 1. The molecule has 0 saturated carbocycles. The first kappa shape index (κ1) is 13.6. The van der Waals surface area contributed by atoms with Gasteiger partial charge in [0, 0.05) is 36.8 Å². The van der Waals surface area contributed by atoms with Crippen LogP contribution in [0.4, 0.5) is 0 Å². The minimum atomic E-state index is -0.0452. The second kappa shape index (κ2) is 5.86. The number of amides is 1. The van der Waals surface area contributed by atoms with Crippen molar-refractivity contribution in [1.82, 2.24) is 9.47 Å². The summed E-state index contributed by atoms with van der Waals surface area (Å²) in [7, 11) is 0. The molecule has 18 heavy (non-hydrogen) atoms. The minimum absolute atomic E-state index is 0.0452. The Balaban J connectivity index is 2.14. The number of hydrogen-bond acceptors (Lipinski definition) is 3. The van der Waals surface area contributed by atoms with E-state index in [1.165, 1.54) is 0 Å². The number of ether oxygens (including phenoxy) is 1. The number of carbonyl (C=O) groups excluding carboxylic acids is 1. The Morgan fingerprint density at radius 2 is 2.44 bits per heavy atom. The van der Waals surface area contributed by atoms with Gasteiger partial charge in [-0.2, -0.15) is 0 Å². The van der Waals surface area contributed by atoms with Gasteiger partial charge in [0.2, 0.25) is 0 Å². The third kappa shape index (κ3) is 2.76. The summed E-state index contributed by atoms with van der Waals surface area (Å²) in [6, 6.07) is 1.86. The Morgan fingerprint density at radius 1 is 1.67 bits per heavy atom. The second-order valence-corrected chi connectivity index (χ2v) is 5.22. The molecule has 1 aromatic rings. The maximum Gasteiger partial charge on any atom is 0.270 e. The number of nitrogens with two attached hydrogens (primary N) is 1. The van der Waals surface area contributed by atoms with Gasteiger partial charge in [0.25, 0.3) is 5.91 Å². The van der Waals surface area contributed by atoms with E-state index < -0.39 is 0 Å². The third-order valence-corrected chi connectivity index (χ3v) is 3.55. The van der Waals surface area contributed by atoms with E-state index in [4.69, 9.17) is 10.5 Å². The molecule has 2 heterocycles. The molecule has 0 aromatic carbocycles. The summed E-state index contributed by atoms with van der Waals surface area (Å²) in [4.78, 5) is 14.3. The lowest BCUT2D eigenvalue weighted by molar-refractivity contribution is -0.0171. The van der Waals surface area contributed by atoms with E-state index >= 15 is 0 Å². The van der Waals surface area contributed by atoms with Crippen molar-refractivity contribution in [3.63, 3.8) is 0 Å². The quantitative estimate of drug-likeness (QED) is 0.907. The molecule has 1 atom stereocenters. The first-order chi connectivity index (χ1) is 8.65. The van der Waals surface area contributed by atoms with Gasteiger partial charge in [0.05, 0.1) is 12.7 Å². The van der Waals surface area contributed by atoms with E-state index in [1.54, 1.807) is 0 Å². The lowest BCUT2D eigenvalue weighted by Crippen LogP contribution is -2.48. The van der Waals surface area contributed by atoms with E-state index in [-0.39, 0.29) is 12.0 Å². The number of rotatable bonds is 3. The fourth-order valence-electron chi connectivity index (χ4n) is 2.12. The summed E-state index contributed by atoms with van der Waals surface area (Å²) in [5.74, 6) is 0.0456. The van der Waals surface area contributed by atoms with Crippen molar-refractivity contribution in [1.29, 1.82) is 0 Å². The smallest absolute Gasteiger partial charge is 0.270 e. The number of carbonyl (C=O) groups is 1. The molecule has 6 heteroatoms. The molecule has 1 unspecified atom stereocenters.